The first-order valence-electron chi connectivity index (χ1n) is 6.89. The molecule has 0 unspecified atom stereocenters. The molecule has 3 rings (SSSR count). The van der Waals surface area contributed by atoms with Crippen LogP contribution in [0.25, 0.3) is 0 Å². The van der Waals surface area contributed by atoms with Gasteiger partial charge in [0.15, 0.2) is 0 Å². The van der Waals surface area contributed by atoms with E-state index < -0.39 is 15.6 Å². The van der Waals surface area contributed by atoms with Gasteiger partial charge in [-0.3, -0.25) is 0 Å². The highest BCUT2D eigenvalue weighted by molar-refractivity contribution is 7.89. The highest BCUT2D eigenvalue weighted by atomic mass is 35.5. The lowest BCUT2D eigenvalue weighted by Gasteiger charge is -2.18. The molecule has 4 nitrogen and oxygen atoms in total. The summed E-state index contributed by atoms with van der Waals surface area (Å²) in [5.41, 5.74) is 0.423. The average Bonchev–Trinajstić information content (AvgIpc) is 3.27. The van der Waals surface area contributed by atoms with E-state index in [2.05, 4.69) is 4.72 Å². The molecule has 0 bridgehead atoms. The second-order valence-electron chi connectivity index (χ2n) is 5.37. The van der Waals surface area contributed by atoms with Gasteiger partial charge in [0.2, 0.25) is 10.0 Å². The molecule has 1 fully saturated rings. The molecule has 6 heteroatoms. The zero-order valence-electron chi connectivity index (χ0n) is 12.0. The van der Waals surface area contributed by atoms with Crippen LogP contribution in [0.15, 0.2) is 53.4 Å². The summed E-state index contributed by atoms with van der Waals surface area (Å²) in [6.45, 7) is 0. The van der Waals surface area contributed by atoms with Crippen LogP contribution in [0.4, 0.5) is 0 Å². The van der Waals surface area contributed by atoms with Crippen LogP contribution in [0.1, 0.15) is 18.4 Å². The van der Waals surface area contributed by atoms with Gasteiger partial charge in [-0.1, -0.05) is 29.8 Å². The lowest BCUT2D eigenvalue weighted by atomic mass is 10.1. The van der Waals surface area contributed by atoms with Gasteiger partial charge in [0.05, 0.1) is 17.5 Å². The summed E-state index contributed by atoms with van der Waals surface area (Å²) >= 11 is 5.88. The van der Waals surface area contributed by atoms with Gasteiger partial charge in [0.1, 0.15) is 5.75 Å². The number of nitrogens with one attached hydrogen (secondary N) is 1. The highest BCUT2D eigenvalue weighted by Gasteiger charge is 2.47. The van der Waals surface area contributed by atoms with E-state index in [0.29, 0.717) is 5.02 Å². The van der Waals surface area contributed by atoms with Gasteiger partial charge in [-0.05, 0) is 48.7 Å². The van der Waals surface area contributed by atoms with Crippen molar-refractivity contribution in [3.63, 3.8) is 0 Å². The number of methoxy groups -OCH3 is 1. The molecule has 0 amide bonds. The maximum absolute atomic E-state index is 12.5. The topological polar surface area (TPSA) is 55.4 Å². The Labute approximate surface area is 135 Å². The van der Waals surface area contributed by atoms with Crippen LogP contribution in [0.3, 0.4) is 0 Å². The minimum absolute atomic E-state index is 0.180. The van der Waals surface area contributed by atoms with Crippen LogP contribution < -0.4 is 9.46 Å². The third-order valence-corrected chi connectivity index (χ3v) is 5.60. The monoisotopic (exact) mass is 337 g/mol. The second kappa shape index (κ2) is 5.57. The van der Waals surface area contributed by atoms with Crippen molar-refractivity contribution in [1.29, 1.82) is 0 Å². The molecule has 0 aromatic heterocycles. The van der Waals surface area contributed by atoms with E-state index in [4.69, 9.17) is 16.3 Å². The van der Waals surface area contributed by atoms with E-state index in [9.17, 15) is 8.42 Å². The van der Waals surface area contributed by atoms with Crippen molar-refractivity contribution in [2.24, 2.45) is 0 Å². The van der Waals surface area contributed by atoms with Crippen LogP contribution >= 0.6 is 11.6 Å². The number of rotatable bonds is 5. The minimum Gasteiger partial charge on any atom is -0.497 e. The Kier molecular flexibility index (Phi) is 3.89. The number of benzene rings is 2. The van der Waals surface area contributed by atoms with Crippen molar-refractivity contribution in [3.05, 3.63) is 59.1 Å². The van der Waals surface area contributed by atoms with E-state index in [-0.39, 0.29) is 4.90 Å². The fourth-order valence-corrected chi connectivity index (χ4v) is 4.18. The van der Waals surface area contributed by atoms with Gasteiger partial charge in [-0.2, -0.15) is 0 Å². The van der Waals surface area contributed by atoms with Gasteiger partial charge in [0.25, 0.3) is 0 Å². The van der Waals surface area contributed by atoms with E-state index in [0.717, 1.165) is 24.2 Å². The lowest BCUT2D eigenvalue weighted by Crippen LogP contribution is -2.34. The summed E-state index contributed by atoms with van der Waals surface area (Å²) in [5, 5.41) is 0.400. The summed E-state index contributed by atoms with van der Waals surface area (Å²) in [6.07, 6.45) is 1.55. The van der Waals surface area contributed by atoms with Crippen molar-refractivity contribution in [3.8, 4) is 5.75 Å². The Morgan fingerprint density at radius 1 is 1.14 bits per heavy atom. The molecule has 0 aliphatic heterocycles. The SMILES string of the molecule is COc1ccc(C2(NS(=O)(=O)c3cccc(Cl)c3)CC2)cc1. The summed E-state index contributed by atoms with van der Waals surface area (Å²) in [7, 11) is -2.01. The first kappa shape index (κ1) is 15.3. The molecule has 1 aliphatic rings. The maximum Gasteiger partial charge on any atom is 0.241 e. The Morgan fingerprint density at radius 2 is 1.82 bits per heavy atom. The van der Waals surface area contributed by atoms with Crippen molar-refractivity contribution in [1.82, 2.24) is 4.72 Å². The molecule has 0 saturated heterocycles. The average molecular weight is 338 g/mol. The summed E-state index contributed by atoms with van der Waals surface area (Å²) in [5.74, 6) is 0.747. The lowest BCUT2D eigenvalue weighted by molar-refractivity contribution is 0.414. The summed E-state index contributed by atoms with van der Waals surface area (Å²) in [4.78, 5) is 0.180. The Balaban J connectivity index is 1.87. The van der Waals surface area contributed by atoms with Crippen LogP contribution in [0.2, 0.25) is 5.02 Å². The fourth-order valence-electron chi connectivity index (χ4n) is 2.44. The molecule has 22 heavy (non-hydrogen) atoms. The number of sulfonamides is 1. The number of hydrogen-bond acceptors (Lipinski definition) is 3. The van der Waals surface area contributed by atoms with E-state index in [1.165, 1.54) is 12.1 Å². The molecule has 1 saturated carbocycles. The van der Waals surface area contributed by atoms with E-state index in [1.807, 2.05) is 24.3 Å². The van der Waals surface area contributed by atoms with Crippen molar-refractivity contribution < 1.29 is 13.2 Å². The third kappa shape index (κ3) is 2.97. The molecular weight excluding hydrogens is 322 g/mol. The molecule has 1 N–H and O–H groups in total. The molecule has 0 heterocycles. The number of halogens is 1. The first-order chi connectivity index (χ1) is 10.5. The van der Waals surface area contributed by atoms with Gasteiger partial charge < -0.3 is 4.74 Å². The number of ether oxygens (including phenoxy) is 1. The quantitative estimate of drug-likeness (QED) is 0.910. The largest absolute Gasteiger partial charge is 0.497 e. The molecule has 2 aromatic carbocycles. The van der Waals surface area contributed by atoms with Gasteiger partial charge in [-0.15, -0.1) is 0 Å². The third-order valence-electron chi connectivity index (χ3n) is 3.83. The molecular formula is C16H16ClNO3S. The van der Waals surface area contributed by atoms with E-state index >= 15 is 0 Å². The Bertz CT molecular complexity index is 783. The molecule has 0 radical (unpaired) electrons. The minimum atomic E-state index is -3.61. The Hall–Kier alpha value is -1.56. The second-order valence-corrected chi connectivity index (χ2v) is 7.49. The standard InChI is InChI=1S/C16H16ClNO3S/c1-21-14-7-5-12(6-8-14)16(9-10-16)18-22(19,20)15-4-2-3-13(17)11-15/h2-8,11,18H,9-10H2,1H3. The van der Waals surface area contributed by atoms with Crippen LogP contribution in [0, 0.1) is 0 Å². The first-order valence-corrected chi connectivity index (χ1v) is 8.75. The van der Waals surface area contributed by atoms with Crippen LogP contribution in [-0.2, 0) is 15.6 Å². The zero-order chi connectivity index (χ0) is 15.8. The fraction of sp³-hybridized carbons (Fsp3) is 0.250. The molecule has 116 valence electrons. The highest BCUT2D eigenvalue weighted by Crippen LogP contribution is 2.46. The predicted octanol–water partition coefficient (Wildman–Crippen LogP) is 3.32. The van der Waals surface area contributed by atoms with Crippen LogP contribution in [-0.4, -0.2) is 15.5 Å². The van der Waals surface area contributed by atoms with Crippen molar-refractivity contribution in [2.75, 3.05) is 7.11 Å². The molecule has 0 atom stereocenters. The predicted molar refractivity (Wildman–Crippen MR) is 85.7 cm³/mol. The van der Waals surface area contributed by atoms with Gasteiger partial charge in [-0.25, -0.2) is 13.1 Å². The summed E-state index contributed by atoms with van der Waals surface area (Å²) < 4.78 is 33.0. The summed E-state index contributed by atoms with van der Waals surface area (Å²) in [6, 6.07) is 13.7. The smallest absolute Gasteiger partial charge is 0.241 e. The van der Waals surface area contributed by atoms with Crippen molar-refractivity contribution in [2.45, 2.75) is 23.3 Å². The maximum atomic E-state index is 12.5. The molecule has 1 aliphatic carbocycles. The molecule has 2 aromatic rings. The van der Waals surface area contributed by atoms with Gasteiger partial charge in [0, 0.05) is 5.02 Å². The van der Waals surface area contributed by atoms with Crippen LogP contribution in [0.5, 0.6) is 5.75 Å². The Morgan fingerprint density at radius 3 is 2.36 bits per heavy atom. The zero-order valence-corrected chi connectivity index (χ0v) is 13.6. The molecule has 0 spiro atoms. The normalized spacial score (nSPS) is 16.3. The van der Waals surface area contributed by atoms with Crippen molar-refractivity contribution >= 4 is 21.6 Å². The van der Waals surface area contributed by atoms with E-state index in [1.54, 1.807) is 19.2 Å². The van der Waals surface area contributed by atoms with Gasteiger partial charge >= 0.3 is 0 Å². The number of hydrogen-bond donors (Lipinski definition) is 1.